The average Bonchev–Trinajstić information content (AvgIpc) is 3.16. The number of rotatable bonds is 4. The lowest BCUT2D eigenvalue weighted by atomic mass is 10.1. The van der Waals surface area contributed by atoms with Crippen LogP contribution in [0.4, 0.5) is 26.3 Å². The van der Waals surface area contributed by atoms with Gasteiger partial charge in [0.1, 0.15) is 5.69 Å². The molecule has 0 bridgehead atoms. The van der Waals surface area contributed by atoms with E-state index in [1.165, 1.54) is 7.11 Å². The molecule has 2 aromatic rings. The first-order chi connectivity index (χ1) is 18.3. The predicted molar refractivity (Wildman–Crippen MR) is 129 cm³/mol. The molecule has 0 atom stereocenters. The van der Waals surface area contributed by atoms with Gasteiger partial charge in [0.2, 0.25) is 6.41 Å². The molecule has 3 heterocycles. The average molecular weight is 567 g/mol. The Morgan fingerprint density at radius 1 is 0.974 bits per heavy atom. The number of hydrogen-bond acceptors (Lipinski definition) is 6. The summed E-state index contributed by atoms with van der Waals surface area (Å²) in [6.45, 7) is 3.87. The van der Waals surface area contributed by atoms with Crippen molar-refractivity contribution in [1.29, 1.82) is 0 Å². The third kappa shape index (κ3) is 10.6. The van der Waals surface area contributed by atoms with E-state index in [1.807, 2.05) is 0 Å². The summed E-state index contributed by atoms with van der Waals surface area (Å²) in [6, 6.07) is 3.09. The van der Waals surface area contributed by atoms with Crippen LogP contribution in [-0.4, -0.2) is 77.3 Å². The van der Waals surface area contributed by atoms with Crippen LogP contribution in [0.2, 0.25) is 0 Å². The van der Waals surface area contributed by atoms with E-state index in [0.29, 0.717) is 24.4 Å². The summed E-state index contributed by atoms with van der Waals surface area (Å²) >= 11 is 0. The Balaban J connectivity index is 0.000000217. The van der Waals surface area contributed by atoms with E-state index in [-0.39, 0.29) is 24.3 Å². The molecule has 8 nitrogen and oxygen atoms in total. The minimum atomic E-state index is -4.82. The number of alkyl halides is 6. The second-order valence-corrected chi connectivity index (χ2v) is 9.21. The summed E-state index contributed by atoms with van der Waals surface area (Å²) in [4.78, 5) is 25.1. The SMILES string of the molecule is CN1CCC(O)CC1.COCc1cc(C(F)(F)F)cc(C(F)(F)F)c1.O=Cc1cc2n(n1)CCCN(C=O)C2. The molecule has 1 aromatic carbocycles. The molecule has 0 spiro atoms. The number of aryl methyl sites for hydroxylation is 1. The molecule has 39 heavy (non-hydrogen) atoms. The van der Waals surface area contributed by atoms with Gasteiger partial charge < -0.3 is 19.6 Å². The number of piperidine rings is 1. The van der Waals surface area contributed by atoms with Crippen molar-refractivity contribution in [3.05, 3.63) is 52.3 Å². The molecule has 218 valence electrons. The molecule has 0 aliphatic carbocycles. The normalized spacial score (nSPS) is 16.7. The number of likely N-dealkylation sites (tertiary alicyclic amines) is 1. The fourth-order valence-electron chi connectivity index (χ4n) is 3.92. The number of carbonyl (C=O) groups excluding carboxylic acids is 2. The van der Waals surface area contributed by atoms with Crippen molar-refractivity contribution in [2.24, 2.45) is 0 Å². The first-order valence-corrected chi connectivity index (χ1v) is 12.1. The molecule has 0 unspecified atom stereocenters. The van der Waals surface area contributed by atoms with Crippen LogP contribution in [0, 0.1) is 0 Å². The first-order valence-electron chi connectivity index (χ1n) is 12.1. The number of carbonyl (C=O) groups is 2. The first kappa shape index (κ1) is 32.2. The summed E-state index contributed by atoms with van der Waals surface area (Å²) < 4.78 is 80.5. The summed E-state index contributed by atoms with van der Waals surface area (Å²) in [5.74, 6) is 0. The van der Waals surface area contributed by atoms with Crippen LogP contribution < -0.4 is 0 Å². The topological polar surface area (TPSA) is 87.9 Å². The number of fused-ring (bicyclic) bond motifs is 1. The van der Waals surface area contributed by atoms with Gasteiger partial charge in [-0.1, -0.05) is 0 Å². The fourth-order valence-corrected chi connectivity index (χ4v) is 3.92. The third-order valence-corrected chi connectivity index (χ3v) is 5.98. The molecule has 0 saturated carbocycles. The molecule has 2 aliphatic rings. The van der Waals surface area contributed by atoms with Crippen molar-refractivity contribution in [1.82, 2.24) is 19.6 Å². The standard InChI is InChI=1S/C10H8F6O.C9H11N3O2.C6H13NO/c1-17-5-6-2-7(9(11,12)13)4-8(3-6)10(14,15)16;13-6-8-4-9-5-11(7-14)2-1-3-12(9)10-8;1-7-4-2-6(8)3-5-7/h2-4H,5H2,1H3;4,6-7H,1-3,5H2;6,8H,2-5H2,1H3. The predicted octanol–water partition coefficient (Wildman–Crippen LogP) is 4.00. The van der Waals surface area contributed by atoms with E-state index in [4.69, 9.17) is 5.11 Å². The van der Waals surface area contributed by atoms with E-state index in [0.717, 1.165) is 63.8 Å². The number of aromatic nitrogens is 2. The quantitative estimate of drug-likeness (QED) is 0.445. The Labute approximate surface area is 222 Å². The maximum absolute atomic E-state index is 12.4. The van der Waals surface area contributed by atoms with Crippen molar-refractivity contribution in [3.63, 3.8) is 0 Å². The lowest BCUT2D eigenvalue weighted by Crippen LogP contribution is -2.32. The summed E-state index contributed by atoms with van der Waals surface area (Å²) in [7, 11) is 3.28. The molecule has 14 heteroatoms. The molecule has 4 rings (SSSR count). The van der Waals surface area contributed by atoms with E-state index >= 15 is 0 Å². The highest BCUT2D eigenvalue weighted by Crippen LogP contribution is 2.36. The van der Waals surface area contributed by atoms with Gasteiger partial charge >= 0.3 is 12.4 Å². The van der Waals surface area contributed by atoms with Crippen LogP contribution in [-0.2, 0) is 41.6 Å². The smallest absolute Gasteiger partial charge is 0.393 e. The van der Waals surface area contributed by atoms with Gasteiger partial charge in [-0.25, -0.2) is 0 Å². The summed E-state index contributed by atoms with van der Waals surface area (Å²) in [6.07, 6.45) is -5.30. The molecule has 2 aliphatic heterocycles. The maximum atomic E-state index is 12.4. The summed E-state index contributed by atoms with van der Waals surface area (Å²) in [5.41, 5.74) is -1.47. The van der Waals surface area contributed by atoms with Crippen LogP contribution in [0.3, 0.4) is 0 Å². The molecular formula is C25H32F6N4O4. The number of ether oxygens (including phenoxy) is 1. The molecule has 1 fully saturated rings. The van der Waals surface area contributed by atoms with Gasteiger partial charge in [-0.15, -0.1) is 0 Å². The fraction of sp³-hybridized carbons (Fsp3) is 0.560. The Morgan fingerprint density at radius 3 is 2.03 bits per heavy atom. The second kappa shape index (κ2) is 14.4. The van der Waals surface area contributed by atoms with Gasteiger partial charge in [0.15, 0.2) is 6.29 Å². The Bertz CT molecular complexity index is 1020. The van der Waals surface area contributed by atoms with Crippen LogP contribution in [0.5, 0.6) is 0 Å². The van der Waals surface area contributed by atoms with Crippen molar-refractivity contribution in [2.75, 3.05) is 33.8 Å². The Morgan fingerprint density at radius 2 is 1.56 bits per heavy atom. The lowest BCUT2D eigenvalue weighted by Gasteiger charge is -2.25. The molecule has 1 aromatic heterocycles. The number of aliphatic hydroxyl groups is 1. The number of aliphatic hydroxyl groups excluding tert-OH is 1. The summed E-state index contributed by atoms with van der Waals surface area (Å²) in [5, 5.41) is 13.1. The zero-order chi connectivity index (χ0) is 29.2. The van der Waals surface area contributed by atoms with Gasteiger partial charge in [-0.2, -0.15) is 31.4 Å². The van der Waals surface area contributed by atoms with Crippen molar-refractivity contribution < 1.29 is 45.8 Å². The zero-order valence-electron chi connectivity index (χ0n) is 21.6. The highest BCUT2D eigenvalue weighted by Gasteiger charge is 2.36. The van der Waals surface area contributed by atoms with Gasteiger partial charge in [0, 0.05) is 33.3 Å². The molecule has 1 amide bonds. The monoisotopic (exact) mass is 566 g/mol. The van der Waals surface area contributed by atoms with Gasteiger partial charge in [-0.3, -0.25) is 14.3 Å². The zero-order valence-corrected chi connectivity index (χ0v) is 21.6. The molecule has 1 saturated heterocycles. The Kier molecular flexibility index (Phi) is 11.9. The Hall–Kier alpha value is -2.97. The van der Waals surface area contributed by atoms with Gasteiger partial charge in [0.25, 0.3) is 0 Å². The largest absolute Gasteiger partial charge is 0.416 e. The minimum Gasteiger partial charge on any atom is -0.393 e. The van der Waals surface area contributed by atoms with Crippen LogP contribution in [0.1, 0.15) is 52.1 Å². The molecule has 0 radical (unpaired) electrons. The number of nitrogens with zero attached hydrogens (tertiary/aromatic N) is 4. The lowest BCUT2D eigenvalue weighted by molar-refractivity contribution is -0.143. The van der Waals surface area contributed by atoms with Crippen molar-refractivity contribution in [2.45, 2.75) is 57.4 Å². The van der Waals surface area contributed by atoms with E-state index in [2.05, 4.69) is 21.8 Å². The van der Waals surface area contributed by atoms with Crippen LogP contribution in [0.25, 0.3) is 0 Å². The second-order valence-electron chi connectivity index (χ2n) is 9.21. The van der Waals surface area contributed by atoms with E-state index in [9.17, 15) is 35.9 Å². The van der Waals surface area contributed by atoms with Gasteiger partial charge in [-0.05, 0) is 56.1 Å². The van der Waals surface area contributed by atoms with Crippen LogP contribution in [0.15, 0.2) is 24.3 Å². The van der Waals surface area contributed by atoms with E-state index in [1.54, 1.807) is 15.6 Å². The van der Waals surface area contributed by atoms with Gasteiger partial charge in [0.05, 0.1) is 36.1 Å². The number of methoxy groups -OCH3 is 1. The third-order valence-electron chi connectivity index (χ3n) is 5.98. The number of benzene rings is 1. The van der Waals surface area contributed by atoms with Crippen LogP contribution >= 0.6 is 0 Å². The highest BCUT2D eigenvalue weighted by molar-refractivity contribution is 5.71. The number of halogens is 6. The maximum Gasteiger partial charge on any atom is 0.416 e. The minimum absolute atomic E-state index is 0.0220. The number of aldehydes is 1. The highest BCUT2D eigenvalue weighted by atomic mass is 19.4. The molecular weight excluding hydrogens is 534 g/mol. The van der Waals surface area contributed by atoms with E-state index < -0.39 is 23.5 Å². The molecule has 1 N–H and O–H groups in total. The van der Waals surface area contributed by atoms with Crippen molar-refractivity contribution >= 4 is 12.7 Å². The number of amides is 1. The number of hydrogen-bond donors (Lipinski definition) is 1. The van der Waals surface area contributed by atoms with Crippen molar-refractivity contribution in [3.8, 4) is 0 Å².